The number of thiophene rings is 1. The second kappa shape index (κ2) is 8.36. The molecule has 2 aromatic carbocycles. The largest absolute Gasteiger partial charge is 0.339 e. The molecule has 0 N–H and O–H groups in total. The summed E-state index contributed by atoms with van der Waals surface area (Å²) in [5.74, 6) is 0.0442. The molecule has 5 nitrogen and oxygen atoms in total. The van der Waals surface area contributed by atoms with Gasteiger partial charge >= 0.3 is 0 Å². The SMILES string of the molecule is Cc1ccc(-c2csc3ncn(CCC(=O)N(C)C4CCc5ccccc54)c(=O)c23)cc1. The molecule has 0 aliphatic heterocycles. The van der Waals surface area contributed by atoms with Crippen LogP contribution >= 0.6 is 11.3 Å². The van der Waals surface area contributed by atoms with Crippen molar-refractivity contribution in [2.24, 2.45) is 0 Å². The zero-order chi connectivity index (χ0) is 22.2. The van der Waals surface area contributed by atoms with Gasteiger partial charge in [0.05, 0.1) is 17.8 Å². The second-order valence-electron chi connectivity index (χ2n) is 8.45. The molecular weight excluding hydrogens is 418 g/mol. The minimum Gasteiger partial charge on any atom is -0.339 e. The van der Waals surface area contributed by atoms with Gasteiger partial charge < -0.3 is 4.90 Å². The third-order valence-corrected chi connectivity index (χ3v) is 7.34. The first-order chi connectivity index (χ1) is 15.5. The van der Waals surface area contributed by atoms with Crippen LogP contribution in [-0.4, -0.2) is 27.4 Å². The zero-order valence-electron chi connectivity index (χ0n) is 18.2. The van der Waals surface area contributed by atoms with Gasteiger partial charge in [0, 0.05) is 31.0 Å². The van der Waals surface area contributed by atoms with Gasteiger partial charge in [-0.3, -0.25) is 14.2 Å². The third kappa shape index (κ3) is 3.65. The second-order valence-corrected chi connectivity index (χ2v) is 9.30. The van der Waals surface area contributed by atoms with Gasteiger partial charge in [0.15, 0.2) is 0 Å². The van der Waals surface area contributed by atoms with Crippen molar-refractivity contribution in [2.75, 3.05) is 7.05 Å². The van der Waals surface area contributed by atoms with E-state index in [1.165, 1.54) is 28.0 Å². The summed E-state index contributed by atoms with van der Waals surface area (Å²) in [5, 5.41) is 2.62. The Labute approximate surface area is 191 Å². The molecule has 6 heteroatoms. The highest BCUT2D eigenvalue weighted by Gasteiger charge is 2.28. The van der Waals surface area contributed by atoms with E-state index in [1.807, 2.05) is 60.6 Å². The highest BCUT2D eigenvalue weighted by molar-refractivity contribution is 7.17. The summed E-state index contributed by atoms with van der Waals surface area (Å²) in [7, 11) is 1.87. The molecule has 0 radical (unpaired) electrons. The van der Waals surface area contributed by atoms with Gasteiger partial charge in [0.1, 0.15) is 4.83 Å². The Morgan fingerprint density at radius 2 is 1.97 bits per heavy atom. The number of fused-ring (bicyclic) bond motifs is 2. The van der Waals surface area contributed by atoms with Gasteiger partial charge in [-0.2, -0.15) is 0 Å². The number of nitrogens with zero attached hydrogens (tertiary/aromatic N) is 3. The molecule has 4 aromatic rings. The summed E-state index contributed by atoms with van der Waals surface area (Å²) >= 11 is 1.48. The highest BCUT2D eigenvalue weighted by atomic mass is 32.1. The quantitative estimate of drug-likeness (QED) is 0.438. The van der Waals surface area contributed by atoms with E-state index in [0.717, 1.165) is 28.8 Å². The van der Waals surface area contributed by atoms with Crippen LogP contribution < -0.4 is 5.56 Å². The van der Waals surface area contributed by atoms with E-state index in [4.69, 9.17) is 0 Å². The summed E-state index contributed by atoms with van der Waals surface area (Å²) in [6, 6.07) is 16.6. The van der Waals surface area contributed by atoms with Gasteiger partial charge in [-0.25, -0.2) is 4.98 Å². The molecule has 1 unspecified atom stereocenters. The number of carbonyl (C=O) groups is 1. The molecule has 0 saturated carbocycles. The van der Waals surface area contributed by atoms with Crippen molar-refractivity contribution in [2.45, 2.75) is 38.8 Å². The van der Waals surface area contributed by atoms with E-state index in [0.29, 0.717) is 11.9 Å². The number of carbonyl (C=O) groups excluding carboxylic acids is 1. The standard InChI is InChI=1S/C26H25N3O2S/c1-17-7-9-19(10-8-17)21-15-32-25-24(21)26(31)29(16-27-25)14-13-23(30)28(2)22-12-11-18-5-3-4-6-20(18)22/h3-10,15-16,22H,11-14H2,1-2H3. The molecule has 0 fully saturated rings. The molecule has 162 valence electrons. The average molecular weight is 444 g/mol. The van der Waals surface area contributed by atoms with Crippen LogP contribution in [0.1, 0.15) is 35.6 Å². The lowest BCUT2D eigenvalue weighted by atomic mass is 10.1. The van der Waals surface area contributed by atoms with Crippen LogP contribution in [0.25, 0.3) is 21.3 Å². The number of amides is 1. The summed E-state index contributed by atoms with van der Waals surface area (Å²) in [6.45, 7) is 2.37. The molecule has 0 spiro atoms. The molecule has 5 rings (SSSR count). The van der Waals surface area contributed by atoms with E-state index in [-0.39, 0.29) is 23.9 Å². The molecule has 1 amide bonds. The smallest absolute Gasteiger partial charge is 0.262 e. The van der Waals surface area contributed by atoms with Crippen molar-refractivity contribution in [1.29, 1.82) is 0 Å². The van der Waals surface area contributed by atoms with Crippen molar-refractivity contribution < 1.29 is 4.79 Å². The molecule has 32 heavy (non-hydrogen) atoms. The number of hydrogen-bond acceptors (Lipinski definition) is 4. The van der Waals surface area contributed by atoms with Crippen molar-refractivity contribution in [3.8, 4) is 11.1 Å². The van der Waals surface area contributed by atoms with Crippen molar-refractivity contribution in [3.63, 3.8) is 0 Å². The lowest BCUT2D eigenvalue weighted by molar-refractivity contribution is -0.132. The van der Waals surface area contributed by atoms with Crippen LogP contribution in [0.5, 0.6) is 0 Å². The first kappa shape index (κ1) is 20.6. The summed E-state index contributed by atoms with van der Waals surface area (Å²) in [4.78, 5) is 33.3. The van der Waals surface area contributed by atoms with Gasteiger partial charge in [0.25, 0.3) is 5.56 Å². The van der Waals surface area contributed by atoms with Crippen LogP contribution in [0.3, 0.4) is 0 Å². The topological polar surface area (TPSA) is 55.2 Å². The molecule has 1 atom stereocenters. The number of aryl methyl sites for hydroxylation is 3. The van der Waals surface area contributed by atoms with E-state index >= 15 is 0 Å². The van der Waals surface area contributed by atoms with Gasteiger partial charge in [-0.05, 0) is 36.5 Å². The third-order valence-electron chi connectivity index (χ3n) is 6.45. The lowest BCUT2D eigenvalue weighted by Crippen LogP contribution is -2.32. The van der Waals surface area contributed by atoms with Crippen molar-refractivity contribution in [1.82, 2.24) is 14.5 Å². The van der Waals surface area contributed by atoms with Crippen LogP contribution in [0.15, 0.2) is 65.0 Å². The maximum Gasteiger partial charge on any atom is 0.262 e. The summed E-state index contributed by atoms with van der Waals surface area (Å²) in [6.07, 6.45) is 3.78. The zero-order valence-corrected chi connectivity index (χ0v) is 19.1. The normalized spacial score (nSPS) is 15.1. The fourth-order valence-electron chi connectivity index (χ4n) is 4.58. The molecule has 0 saturated heterocycles. The Hall–Kier alpha value is -3.25. The Kier molecular flexibility index (Phi) is 5.39. The molecular formula is C26H25N3O2S. The highest BCUT2D eigenvalue weighted by Crippen LogP contribution is 2.35. The van der Waals surface area contributed by atoms with Crippen LogP contribution in [0, 0.1) is 6.92 Å². The Morgan fingerprint density at radius 3 is 2.78 bits per heavy atom. The van der Waals surface area contributed by atoms with Crippen LogP contribution in [-0.2, 0) is 17.8 Å². The van der Waals surface area contributed by atoms with E-state index in [9.17, 15) is 9.59 Å². The maximum atomic E-state index is 13.3. The molecule has 2 aromatic heterocycles. The van der Waals surface area contributed by atoms with E-state index in [2.05, 4.69) is 17.1 Å². The minimum atomic E-state index is -0.0894. The fraction of sp³-hybridized carbons (Fsp3) is 0.269. The average Bonchev–Trinajstić information content (AvgIpc) is 3.43. The Balaban J connectivity index is 1.36. The number of rotatable bonds is 5. The van der Waals surface area contributed by atoms with Gasteiger partial charge in [0.2, 0.25) is 5.91 Å². The molecule has 2 heterocycles. The van der Waals surface area contributed by atoms with Crippen molar-refractivity contribution >= 4 is 27.5 Å². The lowest BCUT2D eigenvalue weighted by Gasteiger charge is -2.25. The van der Waals surface area contributed by atoms with Gasteiger partial charge in [-0.1, -0.05) is 54.1 Å². The van der Waals surface area contributed by atoms with Crippen molar-refractivity contribution in [3.05, 3.63) is 87.3 Å². The fourth-order valence-corrected chi connectivity index (χ4v) is 5.48. The number of aromatic nitrogens is 2. The monoisotopic (exact) mass is 443 g/mol. The van der Waals surface area contributed by atoms with Gasteiger partial charge in [-0.15, -0.1) is 11.3 Å². The number of hydrogen-bond donors (Lipinski definition) is 0. The minimum absolute atomic E-state index is 0.0442. The summed E-state index contributed by atoms with van der Waals surface area (Å²) in [5.41, 5.74) is 5.57. The Morgan fingerprint density at radius 1 is 1.19 bits per heavy atom. The predicted molar refractivity (Wildman–Crippen MR) is 129 cm³/mol. The van der Waals surface area contributed by atoms with Crippen LogP contribution in [0.4, 0.5) is 0 Å². The van der Waals surface area contributed by atoms with E-state index in [1.54, 1.807) is 10.9 Å². The number of benzene rings is 2. The summed E-state index contributed by atoms with van der Waals surface area (Å²) < 4.78 is 1.57. The first-order valence-electron chi connectivity index (χ1n) is 10.9. The molecule has 1 aliphatic rings. The first-order valence-corrected chi connectivity index (χ1v) is 11.8. The maximum absolute atomic E-state index is 13.3. The Bertz CT molecular complexity index is 1350. The molecule has 0 bridgehead atoms. The molecule has 1 aliphatic carbocycles. The van der Waals surface area contributed by atoms with Crippen LogP contribution in [0.2, 0.25) is 0 Å². The predicted octanol–water partition coefficient (Wildman–Crippen LogP) is 4.97. The van der Waals surface area contributed by atoms with E-state index < -0.39 is 0 Å².